The maximum absolute atomic E-state index is 12.6. The number of nitrogens with one attached hydrogen (secondary N) is 1. The van der Waals surface area contributed by atoms with Crippen molar-refractivity contribution in [3.05, 3.63) is 11.8 Å². The molecule has 16 heavy (non-hydrogen) atoms. The summed E-state index contributed by atoms with van der Waals surface area (Å²) in [6.07, 6.45) is -3.11. The molecule has 1 rings (SSSR count). The third-order valence-corrected chi connectivity index (χ3v) is 2.11. The third-order valence-electron chi connectivity index (χ3n) is 2.11. The molecule has 0 amide bonds. The van der Waals surface area contributed by atoms with Crippen LogP contribution in [0.5, 0.6) is 0 Å². The van der Waals surface area contributed by atoms with Crippen LogP contribution in [0.2, 0.25) is 0 Å². The summed E-state index contributed by atoms with van der Waals surface area (Å²) in [4.78, 5) is 6.91. The molecule has 0 saturated carbocycles. The maximum Gasteiger partial charge on any atom is 0.421 e. The van der Waals surface area contributed by atoms with Gasteiger partial charge in [-0.25, -0.2) is 4.98 Å². The topological polar surface area (TPSA) is 63.8 Å². The zero-order chi connectivity index (χ0) is 12.3. The molecule has 3 N–H and O–H groups in total. The van der Waals surface area contributed by atoms with Crippen LogP contribution in [-0.4, -0.2) is 16.0 Å². The number of aromatic nitrogens is 2. The summed E-state index contributed by atoms with van der Waals surface area (Å²) >= 11 is 0. The quantitative estimate of drug-likeness (QED) is 0.842. The summed E-state index contributed by atoms with van der Waals surface area (Å²) in [6, 6.07) is -0.115. The van der Waals surface area contributed by atoms with Gasteiger partial charge in [0.15, 0.2) is 0 Å². The lowest BCUT2D eigenvalue weighted by atomic mass is 10.2. The molecule has 90 valence electrons. The Balaban J connectivity index is 3.09. The lowest BCUT2D eigenvalue weighted by Gasteiger charge is -2.16. The minimum absolute atomic E-state index is 0.115. The van der Waals surface area contributed by atoms with E-state index in [4.69, 9.17) is 5.73 Å². The van der Waals surface area contributed by atoms with E-state index >= 15 is 0 Å². The van der Waals surface area contributed by atoms with Gasteiger partial charge in [-0.2, -0.15) is 18.2 Å². The number of hydrogen-bond acceptors (Lipinski definition) is 4. The average Bonchev–Trinajstić information content (AvgIpc) is 2.15. The lowest BCUT2D eigenvalue weighted by molar-refractivity contribution is -0.137. The van der Waals surface area contributed by atoms with Gasteiger partial charge in [0.1, 0.15) is 11.4 Å². The first-order chi connectivity index (χ1) is 7.34. The molecule has 4 nitrogen and oxygen atoms in total. The number of halogens is 3. The van der Waals surface area contributed by atoms with Crippen molar-refractivity contribution in [1.29, 1.82) is 0 Å². The Morgan fingerprint density at radius 2 is 2.12 bits per heavy atom. The van der Waals surface area contributed by atoms with Gasteiger partial charge in [-0.1, -0.05) is 6.92 Å². The van der Waals surface area contributed by atoms with E-state index in [-0.39, 0.29) is 17.8 Å². The second kappa shape index (κ2) is 4.54. The molecule has 7 heteroatoms. The summed E-state index contributed by atoms with van der Waals surface area (Å²) in [6.45, 7) is 3.62. The normalized spacial score (nSPS) is 13.6. The Kier molecular flexibility index (Phi) is 3.56. The summed E-state index contributed by atoms with van der Waals surface area (Å²) in [5, 5.41) is 2.66. The van der Waals surface area contributed by atoms with E-state index in [2.05, 4.69) is 15.3 Å². The van der Waals surface area contributed by atoms with Gasteiger partial charge in [0.2, 0.25) is 5.95 Å². The van der Waals surface area contributed by atoms with Gasteiger partial charge < -0.3 is 11.1 Å². The van der Waals surface area contributed by atoms with Crippen LogP contribution in [0.15, 0.2) is 6.20 Å². The number of nitrogens with two attached hydrogens (primary N) is 1. The molecule has 0 aliphatic rings. The molecule has 0 unspecified atom stereocenters. The SMILES string of the molecule is CC[C@H](C)Nc1nc(N)ncc1C(F)(F)F. The predicted octanol–water partition coefficient (Wildman–Crippen LogP) is 2.29. The zero-order valence-corrected chi connectivity index (χ0v) is 8.97. The molecule has 1 heterocycles. The van der Waals surface area contributed by atoms with E-state index in [9.17, 15) is 13.2 Å². The number of nitrogen functional groups attached to an aromatic ring is 1. The van der Waals surface area contributed by atoms with Crippen LogP contribution in [0.1, 0.15) is 25.8 Å². The van der Waals surface area contributed by atoms with Crippen LogP contribution in [0.4, 0.5) is 24.9 Å². The number of anilines is 2. The van der Waals surface area contributed by atoms with Crippen molar-refractivity contribution in [2.24, 2.45) is 0 Å². The van der Waals surface area contributed by atoms with E-state index in [1.807, 2.05) is 6.92 Å². The molecule has 1 aromatic heterocycles. The van der Waals surface area contributed by atoms with Crippen LogP contribution in [0, 0.1) is 0 Å². The average molecular weight is 234 g/mol. The minimum Gasteiger partial charge on any atom is -0.368 e. The Morgan fingerprint density at radius 3 is 2.62 bits per heavy atom. The van der Waals surface area contributed by atoms with Crippen molar-refractivity contribution in [3.63, 3.8) is 0 Å². The molecule has 1 aromatic rings. The van der Waals surface area contributed by atoms with E-state index < -0.39 is 11.7 Å². The van der Waals surface area contributed by atoms with Crippen molar-refractivity contribution < 1.29 is 13.2 Å². The van der Waals surface area contributed by atoms with Crippen molar-refractivity contribution in [3.8, 4) is 0 Å². The van der Waals surface area contributed by atoms with Gasteiger partial charge in [-0.15, -0.1) is 0 Å². The fraction of sp³-hybridized carbons (Fsp3) is 0.556. The molecule has 0 bridgehead atoms. The standard InChI is InChI=1S/C9H13F3N4/c1-3-5(2)15-7-6(9(10,11)12)4-14-8(13)16-7/h4-5H,3H2,1-2H3,(H3,13,14,15,16)/t5-/m0/s1. The van der Waals surface area contributed by atoms with E-state index in [0.29, 0.717) is 12.6 Å². The summed E-state index contributed by atoms with van der Waals surface area (Å²) in [7, 11) is 0. The highest BCUT2D eigenvalue weighted by atomic mass is 19.4. The minimum atomic E-state index is -4.48. The monoisotopic (exact) mass is 234 g/mol. The zero-order valence-electron chi connectivity index (χ0n) is 8.97. The Labute approximate surface area is 91.1 Å². The fourth-order valence-corrected chi connectivity index (χ4v) is 1.05. The number of rotatable bonds is 3. The predicted molar refractivity (Wildman–Crippen MR) is 54.8 cm³/mol. The molecular weight excluding hydrogens is 221 g/mol. The summed E-state index contributed by atoms with van der Waals surface area (Å²) < 4.78 is 37.7. The van der Waals surface area contributed by atoms with Crippen molar-refractivity contribution in [1.82, 2.24) is 9.97 Å². The molecule has 0 aliphatic carbocycles. The Morgan fingerprint density at radius 1 is 1.50 bits per heavy atom. The number of nitrogens with zero attached hydrogens (tertiary/aromatic N) is 2. The van der Waals surface area contributed by atoms with Crippen LogP contribution in [0.3, 0.4) is 0 Å². The Bertz CT molecular complexity index is 364. The van der Waals surface area contributed by atoms with Gasteiger partial charge in [0, 0.05) is 12.2 Å². The van der Waals surface area contributed by atoms with Crippen LogP contribution in [-0.2, 0) is 6.18 Å². The first kappa shape index (κ1) is 12.5. The van der Waals surface area contributed by atoms with Crippen LogP contribution >= 0.6 is 0 Å². The summed E-state index contributed by atoms with van der Waals surface area (Å²) in [5.74, 6) is -0.451. The van der Waals surface area contributed by atoms with Crippen molar-refractivity contribution >= 4 is 11.8 Å². The number of hydrogen-bond donors (Lipinski definition) is 2. The van der Waals surface area contributed by atoms with Gasteiger partial charge in [0.25, 0.3) is 0 Å². The van der Waals surface area contributed by atoms with Crippen molar-refractivity contribution in [2.45, 2.75) is 32.5 Å². The largest absolute Gasteiger partial charge is 0.421 e. The first-order valence-electron chi connectivity index (χ1n) is 4.80. The van der Waals surface area contributed by atoms with E-state index in [1.165, 1.54) is 0 Å². The van der Waals surface area contributed by atoms with Gasteiger partial charge in [0.05, 0.1) is 0 Å². The van der Waals surface area contributed by atoms with Crippen molar-refractivity contribution in [2.75, 3.05) is 11.1 Å². The maximum atomic E-state index is 12.6. The number of alkyl halides is 3. The molecule has 0 aromatic carbocycles. The highest BCUT2D eigenvalue weighted by Crippen LogP contribution is 2.33. The summed E-state index contributed by atoms with van der Waals surface area (Å²) in [5.41, 5.74) is 4.36. The van der Waals surface area contributed by atoms with Crippen LogP contribution in [0.25, 0.3) is 0 Å². The van der Waals surface area contributed by atoms with Crippen LogP contribution < -0.4 is 11.1 Å². The molecule has 0 radical (unpaired) electrons. The van der Waals surface area contributed by atoms with Gasteiger partial charge >= 0.3 is 6.18 Å². The fourth-order valence-electron chi connectivity index (χ4n) is 1.05. The molecule has 1 atom stereocenters. The van der Waals surface area contributed by atoms with E-state index in [1.54, 1.807) is 6.92 Å². The molecule has 0 aliphatic heterocycles. The molecule has 0 saturated heterocycles. The highest BCUT2D eigenvalue weighted by Gasteiger charge is 2.35. The molecule has 0 spiro atoms. The van der Waals surface area contributed by atoms with E-state index in [0.717, 1.165) is 0 Å². The second-order valence-corrected chi connectivity index (χ2v) is 3.44. The molecule has 0 fully saturated rings. The Hall–Kier alpha value is -1.53. The van der Waals surface area contributed by atoms with Gasteiger partial charge in [-0.3, -0.25) is 0 Å². The molecular formula is C9H13F3N4. The third kappa shape index (κ3) is 2.98. The second-order valence-electron chi connectivity index (χ2n) is 3.44. The smallest absolute Gasteiger partial charge is 0.368 e. The first-order valence-corrected chi connectivity index (χ1v) is 4.80. The highest BCUT2D eigenvalue weighted by molar-refractivity contribution is 5.48. The lowest BCUT2D eigenvalue weighted by Crippen LogP contribution is -2.20. The van der Waals surface area contributed by atoms with Gasteiger partial charge in [-0.05, 0) is 13.3 Å².